The van der Waals surface area contributed by atoms with Crippen LogP contribution in [0, 0.1) is 13.7 Å². The number of nitro groups is 1. The largest absolute Gasteiger partial charge is 0.321 e. The average molecular weight is 392 g/mol. The van der Waals surface area contributed by atoms with Gasteiger partial charge < -0.3 is 5.32 Å². The summed E-state index contributed by atoms with van der Waals surface area (Å²) in [5, 5.41) is 13.4. The number of hydrogen-bond acceptors (Lipinski definition) is 3. The number of nitro benzene ring substituents is 1. The Bertz CT molecular complexity index is 782. The summed E-state index contributed by atoms with van der Waals surface area (Å²) in [5.74, 6) is -0.162. The molecule has 1 aliphatic rings. The SMILES string of the molecule is O=C1Nc2ccc(I)cc2C1=Cc1ccc([N+](=O)[O-])cc1. The van der Waals surface area contributed by atoms with E-state index in [4.69, 9.17) is 0 Å². The van der Waals surface area contributed by atoms with Gasteiger partial charge in [0.2, 0.25) is 0 Å². The smallest absolute Gasteiger partial charge is 0.269 e. The third-order valence-corrected chi connectivity index (χ3v) is 3.85. The van der Waals surface area contributed by atoms with Crippen molar-refractivity contribution in [3.8, 4) is 0 Å². The normalized spacial score (nSPS) is 14.9. The molecule has 1 N–H and O–H groups in total. The highest BCUT2D eigenvalue weighted by Gasteiger charge is 2.24. The van der Waals surface area contributed by atoms with Crippen molar-refractivity contribution in [2.24, 2.45) is 0 Å². The third-order valence-electron chi connectivity index (χ3n) is 3.18. The lowest BCUT2D eigenvalue weighted by atomic mass is 10.0. The second-order valence-corrected chi connectivity index (χ2v) is 5.80. The maximum Gasteiger partial charge on any atom is 0.269 e. The highest BCUT2D eigenvalue weighted by molar-refractivity contribution is 14.1. The fraction of sp³-hybridized carbons (Fsp3) is 0. The molecule has 1 aliphatic heterocycles. The van der Waals surface area contributed by atoms with E-state index in [0.29, 0.717) is 5.57 Å². The minimum atomic E-state index is -0.448. The van der Waals surface area contributed by atoms with Crippen molar-refractivity contribution in [2.45, 2.75) is 0 Å². The number of carbonyl (C=O) groups is 1. The van der Waals surface area contributed by atoms with Crippen LogP contribution in [0.5, 0.6) is 0 Å². The highest BCUT2D eigenvalue weighted by Crippen LogP contribution is 2.34. The first-order valence-corrected chi connectivity index (χ1v) is 7.20. The van der Waals surface area contributed by atoms with Gasteiger partial charge in [0.15, 0.2) is 0 Å². The number of carbonyl (C=O) groups excluding carboxylic acids is 1. The van der Waals surface area contributed by atoms with Crippen molar-refractivity contribution in [1.29, 1.82) is 0 Å². The van der Waals surface area contributed by atoms with Gasteiger partial charge in [-0.1, -0.05) is 0 Å². The molecule has 5 nitrogen and oxygen atoms in total. The van der Waals surface area contributed by atoms with Crippen molar-refractivity contribution < 1.29 is 9.72 Å². The summed E-state index contributed by atoms with van der Waals surface area (Å²) in [7, 11) is 0. The van der Waals surface area contributed by atoms with Crippen molar-refractivity contribution in [1.82, 2.24) is 0 Å². The van der Waals surface area contributed by atoms with E-state index in [2.05, 4.69) is 27.9 Å². The summed E-state index contributed by atoms with van der Waals surface area (Å²) in [6.45, 7) is 0. The molecule has 0 saturated heterocycles. The van der Waals surface area contributed by atoms with E-state index in [0.717, 1.165) is 20.4 Å². The number of fused-ring (bicyclic) bond motifs is 1. The molecular formula is C15H9IN2O3. The number of non-ortho nitro benzene ring substituents is 1. The summed E-state index contributed by atoms with van der Waals surface area (Å²) < 4.78 is 1.04. The minimum Gasteiger partial charge on any atom is -0.321 e. The molecule has 0 bridgehead atoms. The van der Waals surface area contributed by atoms with Gasteiger partial charge >= 0.3 is 0 Å². The Hall–Kier alpha value is -2.22. The van der Waals surface area contributed by atoms with E-state index < -0.39 is 4.92 Å². The quantitative estimate of drug-likeness (QED) is 0.367. The lowest BCUT2D eigenvalue weighted by molar-refractivity contribution is -0.384. The molecule has 0 fully saturated rings. The predicted octanol–water partition coefficient (Wildman–Crippen LogP) is 3.69. The number of halogens is 1. The van der Waals surface area contributed by atoms with Gasteiger partial charge in [-0.2, -0.15) is 0 Å². The standard InChI is InChI=1S/C15H9IN2O3/c16-10-3-6-14-12(8-10)13(15(19)17-14)7-9-1-4-11(5-2-9)18(20)21/h1-8H,(H,17,19). The molecule has 0 atom stereocenters. The fourth-order valence-corrected chi connectivity index (χ4v) is 2.65. The molecule has 0 aliphatic carbocycles. The van der Waals surface area contributed by atoms with Gasteiger partial charge in [0.05, 0.1) is 4.92 Å². The second kappa shape index (κ2) is 5.28. The number of hydrogen-bond donors (Lipinski definition) is 1. The van der Waals surface area contributed by atoms with Crippen LogP contribution in [0.4, 0.5) is 11.4 Å². The van der Waals surface area contributed by atoms with Crippen LogP contribution >= 0.6 is 22.6 Å². The maximum absolute atomic E-state index is 12.0. The molecule has 0 saturated carbocycles. The molecule has 0 aromatic heterocycles. The van der Waals surface area contributed by atoms with Crippen LogP contribution in [0.2, 0.25) is 0 Å². The topological polar surface area (TPSA) is 72.2 Å². The molecule has 1 amide bonds. The van der Waals surface area contributed by atoms with E-state index in [1.807, 2.05) is 18.2 Å². The molecule has 0 unspecified atom stereocenters. The summed E-state index contributed by atoms with van der Waals surface area (Å²) in [4.78, 5) is 22.2. The molecule has 1 heterocycles. The van der Waals surface area contributed by atoms with Crippen LogP contribution in [0.15, 0.2) is 42.5 Å². The Morgan fingerprint density at radius 3 is 2.52 bits per heavy atom. The number of nitrogens with one attached hydrogen (secondary N) is 1. The van der Waals surface area contributed by atoms with Gasteiger partial charge in [-0.05, 0) is 64.6 Å². The summed E-state index contributed by atoms with van der Waals surface area (Å²) >= 11 is 2.19. The lowest BCUT2D eigenvalue weighted by Crippen LogP contribution is -2.03. The van der Waals surface area contributed by atoms with E-state index >= 15 is 0 Å². The van der Waals surface area contributed by atoms with Crippen LogP contribution in [-0.4, -0.2) is 10.8 Å². The molecule has 2 aromatic rings. The molecule has 104 valence electrons. The van der Waals surface area contributed by atoms with Crippen molar-refractivity contribution in [3.63, 3.8) is 0 Å². The van der Waals surface area contributed by atoms with E-state index in [1.54, 1.807) is 18.2 Å². The van der Waals surface area contributed by atoms with Crippen molar-refractivity contribution in [2.75, 3.05) is 5.32 Å². The monoisotopic (exact) mass is 392 g/mol. The van der Waals surface area contributed by atoms with E-state index in [9.17, 15) is 14.9 Å². The Morgan fingerprint density at radius 2 is 1.86 bits per heavy atom. The van der Waals surface area contributed by atoms with Crippen LogP contribution in [0.25, 0.3) is 11.6 Å². The lowest BCUT2D eigenvalue weighted by Gasteiger charge is -2.00. The average Bonchev–Trinajstić information content (AvgIpc) is 2.76. The Kier molecular flexibility index (Phi) is 3.46. The number of anilines is 1. The zero-order valence-corrected chi connectivity index (χ0v) is 12.8. The molecule has 0 spiro atoms. The van der Waals surface area contributed by atoms with Gasteiger partial charge in [-0.15, -0.1) is 0 Å². The summed E-state index contributed by atoms with van der Waals surface area (Å²) in [5.41, 5.74) is 2.98. The summed E-state index contributed by atoms with van der Waals surface area (Å²) in [6, 6.07) is 11.8. The fourth-order valence-electron chi connectivity index (χ4n) is 2.16. The first-order chi connectivity index (χ1) is 10.0. The van der Waals surface area contributed by atoms with Crippen LogP contribution in [0.1, 0.15) is 11.1 Å². The summed E-state index contributed by atoms with van der Waals surface area (Å²) in [6.07, 6.45) is 1.74. The van der Waals surface area contributed by atoms with Gasteiger partial charge in [-0.3, -0.25) is 14.9 Å². The Balaban J connectivity index is 2.02. The zero-order valence-electron chi connectivity index (χ0n) is 10.7. The van der Waals surface area contributed by atoms with Gasteiger partial charge in [0, 0.05) is 32.5 Å². The van der Waals surface area contributed by atoms with Crippen molar-refractivity contribution in [3.05, 3.63) is 67.3 Å². The number of amides is 1. The molecule has 6 heteroatoms. The molecule has 0 radical (unpaired) electrons. The van der Waals surface area contributed by atoms with E-state index in [1.165, 1.54) is 12.1 Å². The van der Waals surface area contributed by atoms with Crippen LogP contribution in [-0.2, 0) is 4.79 Å². The van der Waals surface area contributed by atoms with Crippen LogP contribution in [0.3, 0.4) is 0 Å². The molecule has 21 heavy (non-hydrogen) atoms. The second-order valence-electron chi connectivity index (χ2n) is 4.55. The van der Waals surface area contributed by atoms with Gasteiger partial charge in [0.25, 0.3) is 11.6 Å². The minimum absolute atomic E-state index is 0.0305. The van der Waals surface area contributed by atoms with E-state index in [-0.39, 0.29) is 11.6 Å². The number of benzene rings is 2. The zero-order chi connectivity index (χ0) is 15.0. The van der Waals surface area contributed by atoms with Crippen molar-refractivity contribution >= 4 is 51.5 Å². The first kappa shape index (κ1) is 13.7. The number of rotatable bonds is 2. The van der Waals surface area contributed by atoms with Gasteiger partial charge in [0.1, 0.15) is 0 Å². The Labute approximate surface area is 134 Å². The van der Waals surface area contributed by atoms with Crippen LogP contribution < -0.4 is 5.32 Å². The third kappa shape index (κ3) is 2.66. The maximum atomic E-state index is 12.0. The highest BCUT2D eigenvalue weighted by atomic mass is 127. The predicted molar refractivity (Wildman–Crippen MR) is 88.8 cm³/mol. The number of nitrogens with zero attached hydrogens (tertiary/aromatic N) is 1. The molecular weight excluding hydrogens is 383 g/mol. The molecule has 2 aromatic carbocycles. The van der Waals surface area contributed by atoms with Gasteiger partial charge in [-0.25, -0.2) is 0 Å². The molecule has 3 rings (SSSR count). The Morgan fingerprint density at radius 1 is 1.14 bits per heavy atom. The first-order valence-electron chi connectivity index (χ1n) is 6.12.